The van der Waals surface area contributed by atoms with Crippen LogP contribution >= 0.6 is 0 Å². The highest BCUT2D eigenvalue weighted by atomic mass is 16.5. The lowest BCUT2D eigenvalue weighted by Gasteiger charge is -2.38. The highest BCUT2D eigenvalue weighted by Gasteiger charge is 2.45. The number of nitrogens with one attached hydrogen (secondary N) is 1. The van der Waals surface area contributed by atoms with Crippen LogP contribution in [-0.2, 0) is 16.0 Å². The number of methoxy groups -OCH3 is 1. The number of ether oxygens (including phenoxy) is 2. The van der Waals surface area contributed by atoms with E-state index in [1.807, 2.05) is 12.1 Å². The average Bonchev–Trinajstić information content (AvgIpc) is 2.49. The highest BCUT2D eigenvalue weighted by Crippen LogP contribution is 2.32. The largest absolute Gasteiger partial charge is 0.493 e. The summed E-state index contributed by atoms with van der Waals surface area (Å²) >= 11 is 0. The summed E-state index contributed by atoms with van der Waals surface area (Å²) in [6, 6.07) is 5.41. The number of aliphatic carboxylic acids is 1. The number of carboxylic acid groups (broad SMARTS) is 1. The standard InChI is InChI=1S/C17H21NO5/c1-3-5-12-6-7-13(14(10-12)22-2)23-11-15(19)18-17(16(20)21)8-4-9-17/h3,6-7,10H,1,4-5,8-9,11H2,2H3,(H,18,19)(H,20,21). The second kappa shape index (κ2) is 7.17. The van der Waals surface area contributed by atoms with Crippen molar-refractivity contribution < 1.29 is 24.2 Å². The zero-order valence-electron chi connectivity index (χ0n) is 13.1. The number of amides is 1. The molecule has 124 valence electrons. The average molecular weight is 319 g/mol. The molecule has 0 unspecified atom stereocenters. The van der Waals surface area contributed by atoms with Crippen molar-refractivity contribution in [2.45, 2.75) is 31.2 Å². The number of allylic oxidation sites excluding steroid dienone is 1. The van der Waals surface area contributed by atoms with E-state index in [4.69, 9.17) is 9.47 Å². The summed E-state index contributed by atoms with van der Waals surface area (Å²) in [5, 5.41) is 11.7. The molecule has 2 N–H and O–H groups in total. The molecule has 1 aromatic rings. The molecule has 1 aliphatic carbocycles. The van der Waals surface area contributed by atoms with Crippen LogP contribution in [0.5, 0.6) is 11.5 Å². The van der Waals surface area contributed by atoms with Gasteiger partial charge in [0, 0.05) is 0 Å². The SMILES string of the molecule is C=CCc1ccc(OCC(=O)NC2(C(=O)O)CCC2)c(OC)c1. The molecule has 1 aliphatic rings. The van der Waals surface area contributed by atoms with Crippen LogP contribution < -0.4 is 14.8 Å². The Balaban J connectivity index is 1.96. The molecule has 6 nitrogen and oxygen atoms in total. The minimum Gasteiger partial charge on any atom is -0.493 e. The molecular formula is C17H21NO5. The second-order valence-electron chi connectivity index (χ2n) is 5.56. The fourth-order valence-electron chi connectivity index (χ4n) is 2.49. The van der Waals surface area contributed by atoms with Crippen LogP contribution in [0.2, 0.25) is 0 Å². The second-order valence-corrected chi connectivity index (χ2v) is 5.56. The summed E-state index contributed by atoms with van der Waals surface area (Å²) in [5.41, 5.74) is -0.105. The van der Waals surface area contributed by atoms with E-state index in [-0.39, 0.29) is 6.61 Å². The molecule has 6 heteroatoms. The molecule has 0 radical (unpaired) electrons. The van der Waals surface area contributed by atoms with Crippen LogP contribution in [0, 0.1) is 0 Å². The predicted octanol–water partition coefficient (Wildman–Crippen LogP) is 1.93. The first-order valence-corrected chi connectivity index (χ1v) is 7.46. The number of benzene rings is 1. The van der Waals surface area contributed by atoms with E-state index in [2.05, 4.69) is 11.9 Å². The molecule has 1 saturated carbocycles. The zero-order chi connectivity index (χ0) is 16.9. The lowest BCUT2D eigenvalue weighted by molar-refractivity contribution is -0.152. The molecule has 0 aliphatic heterocycles. The third-order valence-electron chi connectivity index (χ3n) is 3.96. The summed E-state index contributed by atoms with van der Waals surface area (Å²) < 4.78 is 10.7. The van der Waals surface area contributed by atoms with E-state index < -0.39 is 17.4 Å². The maximum atomic E-state index is 11.9. The van der Waals surface area contributed by atoms with Crippen molar-refractivity contribution >= 4 is 11.9 Å². The Labute approximate surface area is 135 Å². The van der Waals surface area contributed by atoms with Gasteiger partial charge in [0.2, 0.25) is 0 Å². The van der Waals surface area contributed by atoms with Crippen LogP contribution in [0.1, 0.15) is 24.8 Å². The molecule has 0 heterocycles. The van der Waals surface area contributed by atoms with Gasteiger partial charge < -0.3 is 19.9 Å². The molecule has 2 rings (SSSR count). The first-order chi connectivity index (χ1) is 11.0. The van der Waals surface area contributed by atoms with Gasteiger partial charge in [-0.05, 0) is 43.4 Å². The van der Waals surface area contributed by atoms with Crippen molar-refractivity contribution in [1.82, 2.24) is 5.32 Å². The number of carbonyl (C=O) groups excluding carboxylic acids is 1. The van der Waals surface area contributed by atoms with Crippen molar-refractivity contribution in [2.75, 3.05) is 13.7 Å². The number of carboxylic acids is 1. The summed E-state index contributed by atoms with van der Waals surface area (Å²) in [6.07, 6.45) is 4.19. The lowest BCUT2D eigenvalue weighted by Crippen LogP contribution is -2.59. The van der Waals surface area contributed by atoms with Gasteiger partial charge in [0.1, 0.15) is 5.54 Å². The molecule has 0 spiro atoms. The van der Waals surface area contributed by atoms with Gasteiger partial charge in [-0.25, -0.2) is 4.79 Å². The fourth-order valence-corrected chi connectivity index (χ4v) is 2.49. The smallest absolute Gasteiger partial charge is 0.329 e. The van der Waals surface area contributed by atoms with E-state index in [1.54, 1.807) is 12.1 Å². The minimum absolute atomic E-state index is 0.258. The lowest BCUT2D eigenvalue weighted by atomic mass is 9.77. The molecule has 0 bridgehead atoms. The van der Waals surface area contributed by atoms with Gasteiger partial charge in [-0.1, -0.05) is 12.1 Å². The number of rotatable bonds is 8. The quantitative estimate of drug-likeness (QED) is 0.715. The van der Waals surface area contributed by atoms with Gasteiger partial charge in [0.05, 0.1) is 7.11 Å². The van der Waals surface area contributed by atoms with E-state index in [0.717, 1.165) is 12.0 Å². The Kier molecular flexibility index (Phi) is 5.26. The summed E-state index contributed by atoms with van der Waals surface area (Å²) in [5.74, 6) is -0.491. The molecule has 0 saturated heterocycles. The Morgan fingerprint density at radius 3 is 2.65 bits per heavy atom. The summed E-state index contributed by atoms with van der Waals surface area (Å²) in [4.78, 5) is 23.2. The molecule has 1 aromatic carbocycles. The van der Waals surface area contributed by atoms with Crippen molar-refractivity contribution in [3.05, 3.63) is 36.4 Å². The van der Waals surface area contributed by atoms with Crippen molar-refractivity contribution in [2.24, 2.45) is 0 Å². The first-order valence-electron chi connectivity index (χ1n) is 7.46. The molecule has 1 amide bonds. The number of carbonyl (C=O) groups is 2. The zero-order valence-corrected chi connectivity index (χ0v) is 13.1. The molecule has 23 heavy (non-hydrogen) atoms. The van der Waals surface area contributed by atoms with Gasteiger partial charge in [-0.15, -0.1) is 6.58 Å². The van der Waals surface area contributed by atoms with Crippen LogP contribution in [0.3, 0.4) is 0 Å². The molecule has 1 fully saturated rings. The van der Waals surface area contributed by atoms with Crippen LogP contribution in [0.15, 0.2) is 30.9 Å². The van der Waals surface area contributed by atoms with Gasteiger partial charge in [0.25, 0.3) is 5.91 Å². The van der Waals surface area contributed by atoms with Gasteiger partial charge >= 0.3 is 5.97 Å². The number of hydrogen-bond donors (Lipinski definition) is 2. The summed E-state index contributed by atoms with van der Waals surface area (Å²) in [7, 11) is 1.52. The minimum atomic E-state index is -1.13. The monoisotopic (exact) mass is 319 g/mol. The van der Waals surface area contributed by atoms with E-state index in [0.29, 0.717) is 30.8 Å². The maximum absolute atomic E-state index is 11.9. The van der Waals surface area contributed by atoms with E-state index >= 15 is 0 Å². The third-order valence-corrected chi connectivity index (χ3v) is 3.96. The van der Waals surface area contributed by atoms with Crippen LogP contribution in [-0.4, -0.2) is 36.2 Å². The molecule has 0 atom stereocenters. The molecule has 0 aromatic heterocycles. The summed E-state index contributed by atoms with van der Waals surface area (Å²) in [6.45, 7) is 3.42. The highest BCUT2D eigenvalue weighted by molar-refractivity contribution is 5.88. The van der Waals surface area contributed by atoms with Crippen LogP contribution in [0.4, 0.5) is 0 Å². The normalized spacial score (nSPS) is 15.2. The van der Waals surface area contributed by atoms with Crippen molar-refractivity contribution in [3.8, 4) is 11.5 Å². The number of hydrogen-bond acceptors (Lipinski definition) is 4. The van der Waals surface area contributed by atoms with E-state index in [1.165, 1.54) is 7.11 Å². The topological polar surface area (TPSA) is 84.9 Å². The van der Waals surface area contributed by atoms with Crippen molar-refractivity contribution in [1.29, 1.82) is 0 Å². The van der Waals surface area contributed by atoms with Crippen molar-refractivity contribution in [3.63, 3.8) is 0 Å². The van der Waals surface area contributed by atoms with Gasteiger partial charge in [0.15, 0.2) is 18.1 Å². The van der Waals surface area contributed by atoms with E-state index in [9.17, 15) is 14.7 Å². The fraction of sp³-hybridized carbons (Fsp3) is 0.412. The predicted molar refractivity (Wildman–Crippen MR) is 84.8 cm³/mol. The third kappa shape index (κ3) is 3.83. The Morgan fingerprint density at radius 1 is 1.39 bits per heavy atom. The molecular weight excluding hydrogens is 298 g/mol. The van der Waals surface area contributed by atoms with Crippen LogP contribution in [0.25, 0.3) is 0 Å². The first kappa shape index (κ1) is 16.9. The Bertz CT molecular complexity index is 607. The Hall–Kier alpha value is -2.50. The Morgan fingerprint density at radius 2 is 2.13 bits per heavy atom. The van der Waals surface area contributed by atoms with Gasteiger partial charge in [-0.2, -0.15) is 0 Å². The maximum Gasteiger partial charge on any atom is 0.329 e. The van der Waals surface area contributed by atoms with Gasteiger partial charge in [-0.3, -0.25) is 4.79 Å².